The zero-order valence-electron chi connectivity index (χ0n) is 13.0. The molecule has 4 N–H and O–H groups in total. The molecule has 2 unspecified atom stereocenters. The number of hydrogen-bond donors (Lipinski definition) is 4. The fourth-order valence-corrected chi connectivity index (χ4v) is 5.89. The maximum absolute atomic E-state index is 11.9. The molecule has 0 spiro atoms. The molecule has 5 nitrogen and oxygen atoms in total. The van der Waals surface area contributed by atoms with E-state index in [0.29, 0.717) is 12.8 Å². The molecule has 4 aliphatic rings. The van der Waals surface area contributed by atoms with Crippen molar-refractivity contribution in [3.05, 3.63) is 29.3 Å². The number of piperidine rings is 1. The topological polar surface area (TPSA) is 81.6 Å². The normalized spacial score (nSPS) is 44.0. The maximum Gasteiger partial charge on any atom is 0.220 e. The van der Waals surface area contributed by atoms with E-state index in [1.807, 2.05) is 12.1 Å². The fourth-order valence-electron chi connectivity index (χ4n) is 5.89. The molecular weight excluding hydrogens is 292 g/mol. The number of rotatable bonds is 0. The van der Waals surface area contributed by atoms with Gasteiger partial charge in [-0.2, -0.15) is 0 Å². The molecule has 122 valence electrons. The number of carbonyl (C=O) groups excluding carboxylic acids is 1. The van der Waals surface area contributed by atoms with Gasteiger partial charge in [-0.15, -0.1) is 0 Å². The van der Waals surface area contributed by atoms with E-state index in [-0.39, 0.29) is 35.1 Å². The summed E-state index contributed by atoms with van der Waals surface area (Å²) >= 11 is 0. The monoisotopic (exact) mass is 314 g/mol. The van der Waals surface area contributed by atoms with Gasteiger partial charge in [0.2, 0.25) is 5.91 Å². The number of aliphatic hydroxyl groups is 1. The Hall–Kier alpha value is -1.59. The number of phenols is 1. The van der Waals surface area contributed by atoms with Crippen LogP contribution in [0.5, 0.6) is 5.75 Å². The standard InChI is InChI=1S/C18H22N2O3/c21-12-2-1-10-5-15-18(23)8-11-6-16(22)20-14(11)9-17(18,3-4-19-15)13(10)7-12/h1-2,7,11,14-15,19,21,23H,3-6,8-9H2,(H,20,22)/t11?,14?,15-,17-,18-/m1/s1. The first kappa shape index (κ1) is 13.8. The third kappa shape index (κ3) is 1.62. The van der Waals surface area contributed by atoms with E-state index < -0.39 is 5.60 Å². The van der Waals surface area contributed by atoms with E-state index >= 15 is 0 Å². The van der Waals surface area contributed by atoms with Crippen LogP contribution < -0.4 is 10.6 Å². The van der Waals surface area contributed by atoms with Gasteiger partial charge in [0, 0.05) is 23.9 Å². The molecule has 1 saturated carbocycles. The fraction of sp³-hybridized carbons (Fsp3) is 0.611. The van der Waals surface area contributed by atoms with Crippen molar-refractivity contribution in [2.75, 3.05) is 6.54 Å². The molecule has 1 aromatic rings. The van der Waals surface area contributed by atoms with E-state index in [1.54, 1.807) is 6.07 Å². The third-order valence-corrected chi connectivity index (χ3v) is 6.89. The average molecular weight is 314 g/mol. The molecule has 2 saturated heterocycles. The number of aromatic hydroxyl groups is 1. The van der Waals surface area contributed by atoms with Crippen LogP contribution in [0.3, 0.4) is 0 Å². The number of hydrogen-bond acceptors (Lipinski definition) is 4. The second-order valence-corrected chi connectivity index (χ2v) is 7.86. The minimum absolute atomic E-state index is 0.0324. The van der Waals surface area contributed by atoms with Gasteiger partial charge in [-0.05, 0) is 61.4 Å². The van der Waals surface area contributed by atoms with Crippen molar-refractivity contribution < 1.29 is 15.0 Å². The summed E-state index contributed by atoms with van der Waals surface area (Å²) in [5.74, 6) is 0.592. The first-order valence-corrected chi connectivity index (χ1v) is 8.59. The van der Waals surface area contributed by atoms with Gasteiger partial charge < -0.3 is 20.8 Å². The second kappa shape index (κ2) is 4.28. The summed E-state index contributed by atoms with van der Waals surface area (Å²) in [6, 6.07) is 5.75. The van der Waals surface area contributed by atoms with Crippen LogP contribution in [0.2, 0.25) is 0 Å². The summed E-state index contributed by atoms with van der Waals surface area (Å²) in [4.78, 5) is 11.9. The van der Waals surface area contributed by atoms with Crippen molar-refractivity contribution in [2.24, 2.45) is 5.92 Å². The van der Waals surface area contributed by atoms with Crippen LogP contribution in [0.25, 0.3) is 0 Å². The molecule has 5 rings (SSSR count). The molecule has 2 aliphatic carbocycles. The van der Waals surface area contributed by atoms with Crippen LogP contribution in [0.1, 0.15) is 36.8 Å². The van der Waals surface area contributed by atoms with E-state index in [4.69, 9.17) is 0 Å². The lowest BCUT2D eigenvalue weighted by molar-refractivity contribution is -0.140. The Morgan fingerprint density at radius 1 is 1.22 bits per heavy atom. The zero-order chi connectivity index (χ0) is 15.8. The predicted molar refractivity (Wildman–Crippen MR) is 84.1 cm³/mol. The minimum Gasteiger partial charge on any atom is -0.508 e. The van der Waals surface area contributed by atoms with E-state index in [1.165, 1.54) is 5.56 Å². The SMILES string of the molecule is O=C1CC2C[C@@]3(O)[C@H]4Cc5ccc(O)cc5[C@@]3(CCN4)CC2N1. The molecule has 1 aromatic carbocycles. The van der Waals surface area contributed by atoms with E-state index in [0.717, 1.165) is 31.4 Å². The van der Waals surface area contributed by atoms with Crippen molar-refractivity contribution in [1.29, 1.82) is 0 Å². The molecule has 2 heterocycles. The molecule has 0 aromatic heterocycles. The van der Waals surface area contributed by atoms with Crippen molar-refractivity contribution in [1.82, 2.24) is 10.6 Å². The Kier molecular flexibility index (Phi) is 2.57. The summed E-state index contributed by atoms with van der Waals surface area (Å²) in [7, 11) is 0. The van der Waals surface area contributed by atoms with Gasteiger partial charge in [0.15, 0.2) is 0 Å². The summed E-state index contributed by atoms with van der Waals surface area (Å²) in [6.07, 6.45) is 3.59. The molecule has 2 bridgehead atoms. The molecule has 5 heteroatoms. The smallest absolute Gasteiger partial charge is 0.220 e. The number of amides is 1. The molecular formula is C18H22N2O3. The Bertz CT molecular complexity index is 706. The number of fused-ring (bicyclic) bond motifs is 2. The van der Waals surface area contributed by atoms with Crippen molar-refractivity contribution in [3.63, 3.8) is 0 Å². The Morgan fingerprint density at radius 2 is 2.09 bits per heavy atom. The van der Waals surface area contributed by atoms with Crippen molar-refractivity contribution in [2.45, 2.75) is 55.2 Å². The number of phenolic OH excluding ortho intramolecular Hbond substituents is 1. The summed E-state index contributed by atoms with van der Waals surface area (Å²) in [5.41, 5.74) is 1.11. The predicted octanol–water partition coefficient (Wildman–Crippen LogP) is 0.578. The largest absolute Gasteiger partial charge is 0.508 e. The van der Waals surface area contributed by atoms with Crippen molar-refractivity contribution >= 4 is 5.91 Å². The van der Waals surface area contributed by atoms with Gasteiger partial charge in [0.25, 0.3) is 0 Å². The Labute approximate surface area is 135 Å². The van der Waals surface area contributed by atoms with Gasteiger partial charge in [-0.25, -0.2) is 0 Å². The second-order valence-electron chi connectivity index (χ2n) is 7.86. The quantitative estimate of drug-likeness (QED) is 0.565. The highest BCUT2D eigenvalue weighted by Crippen LogP contribution is 2.58. The highest BCUT2D eigenvalue weighted by atomic mass is 16.3. The van der Waals surface area contributed by atoms with E-state index in [9.17, 15) is 15.0 Å². The van der Waals surface area contributed by atoms with Crippen LogP contribution in [0.4, 0.5) is 0 Å². The minimum atomic E-state index is -0.834. The molecule has 23 heavy (non-hydrogen) atoms. The first-order valence-electron chi connectivity index (χ1n) is 8.59. The van der Waals surface area contributed by atoms with Gasteiger partial charge in [-0.3, -0.25) is 4.79 Å². The van der Waals surface area contributed by atoms with Crippen LogP contribution in [-0.4, -0.2) is 40.3 Å². The number of nitrogens with one attached hydrogen (secondary N) is 2. The molecule has 2 aliphatic heterocycles. The maximum atomic E-state index is 11.9. The van der Waals surface area contributed by atoms with Crippen LogP contribution in [0, 0.1) is 5.92 Å². The van der Waals surface area contributed by atoms with Crippen molar-refractivity contribution in [3.8, 4) is 5.75 Å². The van der Waals surface area contributed by atoms with Gasteiger partial charge in [0.1, 0.15) is 5.75 Å². The lowest BCUT2D eigenvalue weighted by Crippen LogP contribution is -2.74. The molecule has 0 radical (unpaired) electrons. The van der Waals surface area contributed by atoms with Crippen LogP contribution in [0.15, 0.2) is 18.2 Å². The Balaban J connectivity index is 1.70. The third-order valence-electron chi connectivity index (χ3n) is 6.89. The van der Waals surface area contributed by atoms with Crippen LogP contribution >= 0.6 is 0 Å². The summed E-state index contributed by atoms with van der Waals surface area (Å²) < 4.78 is 0. The lowest BCUT2D eigenvalue weighted by Gasteiger charge is -2.63. The highest BCUT2D eigenvalue weighted by molar-refractivity contribution is 5.79. The van der Waals surface area contributed by atoms with Gasteiger partial charge in [-0.1, -0.05) is 6.07 Å². The molecule has 5 atom stereocenters. The van der Waals surface area contributed by atoms with Crippen LogP contribution in [-0.2, 0) is 16.6 Å². The van der Waals surface area contributed by atoms with Gasteiger partial charge in [0.05, 0.1) is 5.60 Å². The summed E-state index contributed by atoms with van der Waals surface area (Å²) in [5, 5.41) is 28.4. The van der Waals surface area contributed by atoms with Gasteiger partial charge >= 0.3 is 0 Å². The number of carbonyl (C=O) groups is 1. The summed E-state index contributed by atoms with van der Waals surface area (Å²) in [6.45, 7) is 0.868. The zero-order valence-corrected chi connectivity index (χ0v) is 13.0. The average Bonchev–Trinajstić information content (AvgIpc) is 2.83. The lowest BCUT2D eigenvalue weighted by atomic mass is 9.48. The van der Waals surface area contributed by atoms with E-state index in [2.05, 4.69) is 10.6 Å². The Morgan fingerprint density at radius 3 is 2.96 bits per heavy atom. The first-order chi connectivity index (χ1) is 11.0. The number of benzene rings is 1. The molecule has 3 fully saturated rings. The molecule has 1 amide bonds. The highest BCUT2D eigenvalue weighted by Gasteiger charge is 2.65.